The monoisotopic (exact) mass is 252 g/mol. The fourth-order valence-corrected chi connectivity index (χ4v) is 1.53. The molecule has 0 aliphatic rings. The zero-order valence-corrected chi connectivity index (χ0v) is 8.30. The van der Waals surface area contributed by atoms with Crippen molar-refractivity contribution in [3.8, 4) is 0 Å². The zero-order chi connectivity index (χ0) is 12.1. The predicted molar refractivity (Wildman–Crippen MR) is 45.2 cm³/mol. The van der Waals surface area contributed by atoms with Gasteiger partial charge in [0.25, 0.3) is 0 Å². The van der Waals surface area contributed by atoms with Crippen molar-refractivity contribution in [3.63, 3.8) is 0 Å². The molecule has 0 spiro atoms. The molecule has 0 radical (unpaired) electrons. The van der Waals surface area contributed by atoms with Crippen LogP contribution >= 0.6 is 11.8 Å². The Morgan fingerprint density at radius 2 is 1.67 bits per heavy atom. The number of halogens is 5. The molecule has 1 N–H and O–H groups in total. The van der Waals surface area contributed by atoms with Gasteiger partial charge in [0, 0.05) is 12.2 Å². The molecule has 90 valence electrons. The van der Waals surface area contributed by atoms with E-state index in [4.69, 9.17) is 5.11 Å². The van der Waals surface area contributed by atoms with Gasteiger partial charge < -0.3 is 5.11 Å². The van der Waals surface area contributed by atoms with E-state index in [9.17, 15) is 26.7 Å². The third kappa shape index (κ3) is 5.81. The van der Waals surface area contributed by atoms with Crippen LogP contribution in [0.15, 0.2) is 0 Å². The summed E-state index contributed by atoms with van der Waals surface area (Å²) in [5, 5.41) is 8.16. The molecule has 0 aliphatic carbocycles. The summed E-state index contributed by atoms with van der Waals surface area (Å²) in [4.78, 5) is 9.98. The summed E-state index contributed by atoms with van der Waals surface area (Å²) in [5.41, 5.74) is 0. The van der Waals surface area contributed by atoms with Gasteiger partial charge in [-0.15, -0.1) is 0 Å². The summed E-state index contributed by atoms with van der Waals surface area (Å²) < 4.78 is 59.4. The fraction of sp³-hybridized carbons (Fsp3) is 0.857. The Balaban J connectivity index is 3.72. The van der Waals surface area contributed by atoms with E-state index in [0.29, 0.717) is 0 Å². The van der Waals surface area contributed by atoms with Crippen LogP contribution in [-0.4, -0.2) is 34.7 Å². The fourth-order valence-electron chi connectivity index (χ4n) is 0.604. The predicted octanol–water partition coefficient (Wildman–Crippen LogP) is 2.78. The van der Waals surface area contributed by atoms with Gasteiger partial charge in [0.1, 0.15) is 0 Å². The van der Waals surface area contributed by atoms with Crippen LogP contribution in [0.3, 0.4) is 0 Å². The smallest absolute Gasteiger partial charge is 0.453 e. The van der Waals surface area contributed by atoms with Crippen LogP contribution in [0.25, 0.3) is 0 Å². The molecule has 0 aromatic rings. The molecule has 0 atom stereocenters. The van der Waals surface area contributed by atoms with Crippen molar-refractivity contribution in [1.29, 1.82) is 0 Å². The van der Waals surface area contributed by atoms with Crippen LogP contribution in [0.2, 0.25) is 0 Å². The minimum atomic E-state index is -5.53. The number of aliphatic carboxylic acids is 1. The number of carboxylic acids is 1. The number of hydrogen-bond donors (Lipinski definition) is 1. The third-order valence-corrected chi connectivity index (χ3v) is 2.42. The number of carboxylic acid groups (broad SMARTS) is 1. The minimum Gasteiger partial charge on any atom is -0.481 e. The Bertz CT molecular complexity index is 216. The van der Waals surface area contributed by atoms with Crippen molar-refractivity contribution >= 4 is 17.7 Å². The molecule has 0 rings (SSSR count). The van der Waals surface area contributed by atoms with Crippen LogP contribution in [0.1, 0.15) is 12.8 Å². The molecule has 0 aromatic carbocycles. The van der Waals surface area contributed by atoms with Crippen molar-refractivity contribution in [2.75, 3.05) is 11.5 Å². The van der Waals surface area contributed by atoms with E-state index in [1.807, 2.05) is 0 Å². The first kappa shape index (κ1) is 14.5. The zero-order valence-electron chi connectivity index (χ0n) is 7.48. The van der Waals surface area contributed by atoms with Crippen LogP contribution in [0.4, 0.5) is 22.0 Å². The molecule has 2 nitrogen and oxygen atoms in total. The van der Waals surface area contributed by atoms with Crippen LogP contribution in [-0.2, 0) is 4.79 Å². The maximum Gasteiger partial charge on any atom is 0.453 e. The van der Waals surface area contributed by atoms with Crippen molar-refractivity contribution in [2.45, 2.75) is 24.9 Å². The largest absolute Gasteiger partial charge is 0.481 e. The highest BCUT2D eigenvalue weighted by molar-refractivity contribution is 7.99. The van der Waals surface area contributed by atoms with Crippen molar-refractivity contribution in [2.24, 2.45) is 0 Å². The summed E-state index contributed by atoms with van der Waals surface area (Å²) in [5.74, 6) is -6.18. The van der Waals surface area contributed by atoms with Gasteiger partial charge in [0.05, 0.1) is 6.42 Å². The first-order valence-corrected chi connectivity index (χ1v) is 5.06. The summed E-state index contributed by atoms with van der Waals surface area (Å²) in [6, 6.07) is 0. The second kappa shape index (κ2) is 5.53. The molecule has 0 bridgehead atoms. The Kier molecular flexibility index (Phi) is 5.33. The summed E-state index contributed by atoms with van der Waals surface area (Å²) in [7, 11) is 0. The average molecular weight is 252 g/mol. The van der Waals surface area contributed by atoms with Crippen molar-refractivity contribution in [3.05, 3.63) is 0 Å². The first-order chi connectivity index (χ1) is 6.67. The van der Waals surface area contributed by atoms with Gasteiger partial charge in [-0.2, -0.15) is 33.7 Å². The Morgan fingerprint density at radius 1 is 1.13 bits per heavy atom. The molecule has 0 amide bonds. The molecular formula is C7H9F5O2S. The SMILES string of the molecule is O=C(O)CCSCCC(F)(F)C(F)(F)F. The van der Waals surface area contributed by atoms with Gasteiger partial charge in [-0.1, -0.05) is 0 Å². The average Bonchev–Trinajstić information content (AvgIpc) is 2.00. The lowest BCUT2D eigenvalue weighted by Crippen LogP contribution is -2.36. The number of alkyl halides is 5. The quantitative estimate of drug-likeness (QED) is 0.583. The van der Waals surface area contributed by atoms with E-state index in [1.54, 1.807) is 0 Å². The Labute approximate surface area is 86.8 Å². The topological polar surface area (TPSA) is 37.3 Å². The molecule has 0 unspecified atom stereocenters. The van der Waals surface area contributed by atoms with Gasteiger partial charge in [-0.05, 0) is 5.75 Å². The highest BCUT2D eigenvalue weighted by atomic mass is 32.2. The van der Waals surface area contributed by atoms with Gasteiger partial charge in [-0.3, -0.25) is 4.79 Å². The van der Waals surface area contributed by atoms with E-state index >= 15 is 0 Å². The summed E-state index contributed by atoms with van der Waals surface area (Å²) in [6.45, 7) is 0. The Morgan fingerprint density at radius 3 is 2.07 bits per heavy atom. The molecule has 0 fully saturated rings. The second-order valence-corrected chi connectivity index (χ2v) is 3.93. The minimum absolute atomic E-state index is 0.0310. The molecule has 15 heavy (non-hydrogen) atoms. The lowest BCUT2D eigenvalue weighted by molar-refractivity contribution is -0.282. The first-order valence-electron chi connectivity index (χ1n) is 3.91. The highest BCUT2D eigenvalue weighted by Crippen LogP contribution is 2.38. The van der Waals surface area contributed by atoms with E-state index < -0.39 is 30.2 Å². The van der Waals surface area contributed by atoms with Gasteiger partial charge in [0.15, 0.2) is 0 Å². The number of thioether (sulfide) groups is 1. The molecule has 0 saturated heterocycles. The molecule has 0 aromatic heterocycles. The van der Waals surface area contributed by atoms with E-state index in [-0.39, 0.29) is 12.2 Å². The highest BCUT2D eigenvalue weighted by Gasteiger charge is 2.56. The number of carbonyl (C=O) groups is 1. The maximum absolute atomic E-state index is 12.3. The maximum atomic E-state index is 12.3. The summed E-state index contributed by atoms with van der Waals surface area (Å²) in [6.07, 6.45) is -7.09. The number of rotatable bonds is 6. The second-order valence-electron chi connectivity index (χ2n) is 2.71. The normalized spacial score (nSPS) is 12.9. The Hall–Kier alpha value is -0.530. The lowest BCUT2D eigenvalue weighted by Gasteiger charge is -2.18. The molecule has 0 aliphatic heterocycles. The van der Waals surface area contributed by atoms with Crippen LogP contribution < -0.4 is 0 Å². The van der Waals surface area contributed by atoms with Gasteiger partial charge in [-0.25, -0.2) is 0 Å². The van der Waals surface area contributed by atoms with Gasteiger partial charge >= 0.3 is 18.1 Å². The molecule has 0 saturated carbocycles. The van der Waals surface area contributed by atoms with Crippen LogP contribution in [0, 0.1) is 0 Å². The number of hydrogen-bond acceptors (Lipinski definition) is 2. The molecule has 0 heterocycles. The lowest BCUT2D eigenvalue weighted by atomic mass is 10.2. The molecular weight excluding hydrogens is 243 g/mol. The third-order valence-electron chi connectivity index (χ3n) is 1.44. The van der Waals surface area contributed by atoms with Gasteiger partial charge in [0.2, 0.25) is 0 Å². The van der Waals surface area contributed by atoms with Crippen LogP contribution in [0.5, 0.6) is 0 Å². The van der Waals surface area contributed by atoms with Crippen molar-refractivity contribution in [1.82, 2.24) is 0 Å². The van der Waals surface area contributed by atoms with E-state index in [1.165, 1.54) is 0 Å². The van der Waals surface area contributed by atoms with E-state index in [2.05, 4.69) is 0 Å². The standard InChI is InChI=1S/C7H9F5O2S/c8-6(9,7(10,11)12)2-4-15-3-1-5(13)14/h1-4H2,(H,13,14). The van der Waals surface area contributed by atoms with E-state index in [0.717, 1.165) is 11.8 Å². The summed E-state index contributed by atoms with van der Waals surface area (Å²) >= 11 is 0.764. The van der Waals surface area contributed by atoms with Crippen molar-refractivity contribution < 1.29 is 31.9 Å². The molecule has 8 heteroatoms.